The lowest BCUT2D eigenvalue weighted by Gasteiger charge is -2.23. The van der Waals surface area contributed by atoms with Crippen LogP contribution in [-0.2, 0) is 6.42 Å². The first-order valence-corrected chi connectivity index (χ1v) is 8.54. The second-order valence-electron chi connectivity index (χ2n) is 6.16. The molecule has 1 saturated heterocycles. The number of β-amino-alcohol motifs (C(OH)–C–C–N with tert-alkyl or cyclic N) is 1. The lowest BCUT2D eigenvalue weighted by molar-refractivity contribution is 0.0683. The van der Waals surface area contributed by atoms with Gasteiger partial charge in [-0.1, -0.05) is 25.0 Å². The average Bonchev–Trinajstić information content (AvgIpc) is 2.82. The monoisotopic (exact) mass is 319 g/mol. The molecule has 23 heavy (non-hydrogen) atoms. The Morgan fingerprint density at radius 2 is 1.96 bits per heavy atom. The summed E-state index contributed by atoms with van der Waals surface area (Å²) >= 11 is 0. The van der Waals surface area contributed by atoms with Crippen molar-refractivity contribution in [3.63, 3.8) is 0 Å². The van der Waals surface area contributed by atoms with Gasteiger partial charge >= 0.3 is 0 Å². The van der Waals surface area contributed by atoms with Gasteiger partial charge in [-0.05, 0) is 50.0 Å². The largest absolute Gasteiger partial charge is 0.493 e. The first-order chi connectivity index (χ1) is 11.2. The van der Waals surface area contributed by atoms with Crippen molar-refractivity contribution in [3.05, 3.63) is 36.4 Å². The van der Waals surface area contributed by atoms with E-state index in [0.717, 1.165) is 25.1 Å². The van der Waals surface area contributed by atoms with Crippen LogP contribution in [0.25, 0.3) is 0 Å². The molecule has 0 aliphatic carbocycles. The Balaban J connectivity index is 1.85. The smallest absolute Gasteiger partial charge is 0.161 e. The summed E-state index contributed by atoms with van der Waals surface area (Å²) in [5.41, 5.74) is 1.13. The van der Waals surface area contributed by atoms with E-state index >= 15 is 0 Å². The van der Waals surface area contributed by atoms with Crippen LogP contribution in [0.2, 0.25) is 0 Å². The van der Waals surface area contributed by atoms with Crippen molar-refractivity contribution in [1.29, 1.82) is 0 Å². The number of aliphatic hydroxyl groups excluding tert-OH is 1. The lowest BCUT2D eigenvalue weighted by Crippen LogP contribution is -2.36. The molecule has 0 bridgehead atoms. The third-order valence-electron chi connectivity index (χ3n) is 4.21. The number of methoxy groups -OCH3 is 1. The number of nitrogens with zero attached hydrogens (tertiary/aromatic N) is 1. The molecule has 2 rings (SSSR count). The highest BCUT2D eigenvalue weighted by Crippen LogP contribution is 2.28. The first kappa shape index (κ1) is 17.8. The second-order valence-corrected chi connectivity index (χ2v) is 6.16. The van der Waals surface area contributed by atoms with Crippen LogP contribution >= 0.6 is 0 Å². The molecular formula is C19H29NO3. The van der Waals surface area contributed by atoms with E-state index in [1.54, 1.807) is 7.11 Å². The Kier molecular flexibility index (Phi) is 7.43. The van der Waals surface area contributed by atoms with Crippen molar-refractivity contribution in [1.82, 2.24) is 4.90 Å². The second kappa shape index (κ2) is 9.58. The molecule has 0 spiro atoms. The van der Waals surface area contributed by atoms with Crippen LogP contribution in [0.15, 0.2) is 30.9 Å². The zero-order valence-corrected chi connectivity index (χ0v) is 14.2. The van der Waals surface area contributed by atoms with Gasteiger partial charge in [0.05, 0.1) is 7.11 Å². The topological polar surface area (TPSA) is 41.9 Å². The Morgan fingerprint density at radius 3 is 2.61 bits per heavy atom. The van der Waals surface area contributed by atoms with Gasteiger partial charge in [-0.15, -0.1) is 6.58 Å². The van der Waals surface area contributed by atoms with Crippen molar-refractivity contribution in [2.75, 3.05) is 33.4 Å². The van der Waals surface area contributed by atoms with E-state index in [4.69, 9.17) is 9.47 Å². The third-order valence-corrected chi connectivity index (χ3v) is 4.21. The molecule has 0 aromatic heterocycles. The molecule has 128 valence electrons. The van der Waals surface area contributed by atoms with Gasteiger partial charge in [0, 0.05) is 6.54 Å². The van der Waals surface area contributed by atoms with E-state index < -0.39 is 6.10 Å². The van der Waals surface area contributed by atoms with E-state index in [0.29, 0.717) is 18.0 Å². The Labute approximate surface area is 139 Å². The molecule has 1 aliphatic rings. The summed E-state index contributed by atoms with van der Waals surface area (Å²) in [5.74, 6) is 1.38. The first-order valence-electron chi connectivity index (χ1n) is 8.54. The minimum absolute atomic E-state index is 0.285. The van der Waals surface area contributed by atoms with Gasteiger partial charge in [-0.25, -0.2) is 0 Å². The number of benzene rings is 1. The molecule has 1 N–H and O–H groups in total. The zero-order valence-electron chi connectivity index (χ0n) is 14.2. The van der Waals surface area contributed by atoms with E-state index in [-0.39, 0.29) is 6.61 Å². The average molecular weight is 319 g/mol. The van der Waals surface area contributed by atoms with Crippen molar-refractivity contribution < 1.29 is 14.6 Å². The number of ether oxygens (including phenoxy) is 2. The van der Waals surface area contributed by atoms with Gasteiger partial charge in [0.2, 0.25) is 0 Å². The van der Waals surface area contributed by atoms with Crippen molar-refractivity contribution >= 4 is 0 Å². The molecule has 4 nitrogen and oxygen atoms in total. The fourth-order valence-electron chi connectivity index (χ4n) is 2.98. The maximum atomic E-state index is 10.2. The molecule has 1 aromatic carbocycles. The van der Waals surface area contributed by atoms with E-state index in [9.17, 15) is 5.11 Å². The van der Waals surface area contributed by atoms with Crippen molar-refractivity contribution in [2.24, 2.45) is 0 Å². The van der Waals surface area contributed by atoms with Crippen LogP contribution in [-0.4, -0.2) is 49.5 Å². The molecule has 1 atom stereocenters. The van der Waals surface area contributed by atoms with Crippen LogP contribution in [0.1, 0.15) is 31.2 Å². The molecule has 0 amide bonds. The molecule has 4 heteroatoms. The van der Waals surface area contributed by atoms with Crippen LogP contribution in [0.5, 0.6) is 11.5 Å². The summed E-state index contributed by atoms with van der Waals surface area (Å²) < 4.78 is 11.1. The molecule has 0 radical (unpaired) electrons. The number of hydrogen-bond acceptors (Lipinski definition) is 4. The summed E-state index contributed by atoms with van der Waals surface area (Å²) in [6.07, 6.45) is 7.24. The predicted molar refractivity (Wildman–Crippen MR) is 93.3 cm³/mol. The van der Waals surface area contributed by atoms with E-state index in [2.05, 4.69) is 11.5 Å². The van der Waals surface area contributed by atoms with Gasteiger partial charge in [-0.2, -0.15) is 0 Å². The van der Waals surface area contributed by atoms with Crippen molar-refractivity contribution in [2.45, 2.75) is 38.2 Å². The van der Waals surface area contributed by atoms with Crippen LogP contribution in [0.4, 0.5) is 0 Å². The molecule has 1 aliphatic heterocycles. The zero-order chi connectivity index (χ0) is 16.5. The molecule has 1 heterocycles. The summed E-state index contributed by atoms with van der Waals surface area (Å²) in [4.78, 5) is 2.34. The number of aliphatic hydroxyl groups is 1. The maximum absolute atomic E-state index is 10.2. The van der Waals surface area contributed by atoms with Crippen molar-refractivity contribution in [3.8, 4) is 11.5 Å². The quantitative estimate of drug-likeness (QED) is 0.748. The van der Waals surface area contributed by atoms with Crippen LogP contribution in [0, 0.1) is 0 Å². The Morgan fingerprint density at radius 1 is 1.22 bits per heavy atom. The number of rotatable bonds is 8. The molecular weight excluding hydrogens is 290 g/mol. The standard InChI is InChI=1S/C19H29NO3/c1-3-8-16-9-10-18(19(13-16)22-2)23-15-17(21)14-20-11-6-4-5-7-12-20/h3,9-10,13,17,21H,1,4-8,11-12,14-15H2,2H3. The normalized spacial score (nSPS) is 17.3. The van der Waals surface area contributed by atoms with E-state index in [1.807, 2.05) is 24.3 Å². The van der Waals surface area contributed by atoms with Gasteiger partial charge < -0.3 is 19.5 Å². The highest BCUT2D eigenvalue weighted by Gasteiger charge is 2.15. The van der Waals surface area contributed by atoms with Gasteiger partial charge in [0.1, 0.15) is 12.7 Å². The number of likely N-dealkylation sites (tertiary alicyclic amines) is 1. The van der Waals surface area contributed by atoms with Gasteiger partial charge in [0.25, 0.3) is 0 Å². The fourth-order valence-corrected chi connectivity index (χ4v) is 2.98. The van der Waals surface area contributed by atoms with Gasteiger partial charge in [-0.3, -0.25) is 0 Å². The minimum Gasteiger partial charge on any atom is -0.493 e. The highest BCUT2D eigenvalue weighted by atomic mass is 16.5. The lowest BCUT2D eigenvalue weighted by atomic mass is 10.1. The summed E-state index contributed by atoms with van der Waals surface area (Å²) in [6, 6.07) is 5.86. The number of hydrogen-bond donors (Lipinski definition) is 1. The number of allylic oxidation sites excluding steroid dienone is 1. The van der Waals surface area contributed by atoms with Crippen LogP contribution < -0.4 is 9.47 Å². The Hall–Kier alpha value is -1.52. The third kappa shape index (κ3) is 5.88. The molecule has 1 aromatic rings. The minimum atomic E-state index is -0.481. The fraction of sp³-hybridized carbons (Fsp3) is 0.579. The molecule has 1 unspecified atom stereocenters. The summed E-state index contributed by atoms with van der Waals surface area (Å²) in [6.45, 7) is 6.87. The summed E-state index contributed by atoms with van der Waals surface area (Å²) in [5, 5.41) is 10.2. The van der Waals surface area contributed by atoms with Gasteiger partial charge in [0.15, 0.2) is 11.5 Å². The van der Waals surface area contributed by atoms with E-state index in [1.165, 1.54) is 25.7 Å². The van der Waals surface area contributed by atoms with Crippen LogP contribution in [0.3, 0.4) is 0 Å². The molecule has 0 saturated carbocycles. The highest BCUT2D eigenvalue weighted by molar-refractivity contribution is 5.43. The molecule has 1 fully saturated rings. The SMILES string of the molecule is C=CCc1ccc(OCC(O)CN2CCCCCC2)c(OC)c1. The Bertz CT molecular complexity index is 482. The predicted octanol–water partition coefficient (Wildman–Crippen LogP) is 3.04. The maximum Gasteiger partial charge on any atom is 0.161 e. The summed E-state index contributed by atoms with van der Waals surface area (Å²) in [7, 11) is 1.63.